The van der Waals surface area contributed by atoms with Gasteiger partial charge in [-0.3, -0.25) is 18.7 Å². The molecule has 2 saturated heterocycles. The summed E-state index contributed by atoms with van der Waals surface area (Å²) < 4.78 is 44.4. The van der Waals surface area contributed by atoms with Crippen LogP contribution in [0.5, 0.6) is 0 Å². The molecule has 59 heavy (non-hydrogen) atoms. The molecule has 0 aliphatic carbocycles. The highest BCUT2D eigenvalue weighted by atomic mass is 31.2. The zero-order valence-electron chi connectivity index (χ0n) is 35.3. The van der Waals surface area contributed by atoms with Crippen LogP contribution in [0.15, 0.2) is 30.7 Å². The molecule has 16 nitrogen and oxygen atoms in total. The third-order valence-corrected chi connectivity index (χ3v) is 12.9. The van der Waals surface area contributed by atoms with Gasteiger partial charge in [0.2, 0.25) is 12.7 Å². The van der Waals surface area contributed by atoms with E-state index in [1.54, 1.807) is 9.08 Å². The molecule has 0 bridgehead atoms. The van der Waals surface area contributed by atoms with Crippen LogP contribution in [-0.4, -0.2) is 106 Å². The molecule has 2 aliphatic heterocycles. The number of piperidine rings is 1. The Kier molecular flexibility index (Phi) is 14.9. The van der Waals surface area contributed by atoms with E-state index in [1.807, 2.05) is 40.0 Å². The van der Waals surface area contributed by atoms with Gasteiger partial charge in [0, 0.05) is 23.7 Å². The van der Waals surface area contributed by atoms with Crippen LogP contribution in [0.4, 0.5) is 9.59 Å². The topological polar surface area (TPSA) is 182 Å². The number of unbranched alkanes of at least 4 members (excludes halogenated alkanes) is 2. The molecule has 2 fully saturated rings. The first-order chi connectivity index (χ1) is 28.4. The molecule has 0 unspecified atom stereocenters. The zero-order valence-corrected chi connectivity index (χ0v) is 36.2. The number of benzene rings is 1. The van der Waals surface area contributed by atoms with Crippen molar-refractivity contribution in [1.29, 1.82) is 0 Å². The van der Waals surface area contributed by atoms with Crippen molar-refractivity contribution in [2.45, 2.75) is 111 Å². The number of aryl methyl sites for hydroxylation is 1. The molecule has 2 aliphatic rings. The molecule has 1 aromatic carbocycles. The van der Waals surface area contributed by atoms with Crippen molar-refractivity contribution in [2.24, 2.45) is 5.73 Å². The van der Waals surface area contributed by atoms with Gasteiger partial charge in [0.25, 0.3) is 0 Å². The SMILES string of the molecule is CCCCOP(=O)(OCCCC)OCOC(=O)N1CCC[C@H]1COC(=O)n1c(-c2cn3ncnc3c(C)c2C)c(C(C)C)c2cc(C3CCN(CC(N)=O)CC3)ccc21. The predicted molar refractivity (Wildman–Crippen MR) is 223 cm³/mol. The Morgan fingerprint density at radius 3 is 2.31 bits per heavy atom. The molecule has 322 valence electrons. The van der Waals surface area contributed by atoms with Gasteiger partial charge in [0.05, 0.1) is 37.0 Å². The highest BCUT2D eigenvalue weighted by Crippen LogP contribution is 2.50. The van der Waals surface area contributed by atoms with E-state index in [0.29, 0.717) is 37.7 Å². The van der Waals surface area contributed by atoms with Crippen LogP contribution in [0, 0.1) is 13.8 Å². The molecule has 2 amide bonds. The molecule has 6 rings (SSSR count). The molecule has 0 spiro atoms. The summed E-state index contributed by atoms with van der Waals surface area (Å²) in [6.07, 6.45) is 8.28. The first kappa shape index (κ1) is 44.2. The van der Waals surface area contributed by atoms with Crippen LogP contribution in [0.2, 0.25) is 0 Å². The monoisotopic (exact) mass is 837 g/mol. The lowest BCUT2D eigenvalue weighted by molar-refractivity contribution is -0.119. The molecule has 3 aromatic heterocycles. The molecule has 17 heteroatoms. The average molecular weight is 838 g/mol. The van der Waals surface area contributed by atoms with Crippen LogP contribution >= 0.6 is 7.82 Å². The number of nitrogens with two attached hydrogens (primary N) is 1. The fourth-order valence-electron chi connectivity index (χ4n) is 8.17. The second-order valence-corrected chi connectivity index (χ2v) is 17.6. The third-order valence-electron chi connectivity index (χ3n) is 11.5. The van der Waals surface area contributed by atoms with Gasteiger partial charge in [-0.05, 0) is 112 Å². The lowest BCUT2D eigenvalue weighted by atomic mass is 9.87. The van der Waals surface area contributed by atoms with E-state index in [0.717, 1.165) is 77.8 Å². The van der Waals surface area contributed by atoms with Crippen molar-refractivity contribution in [1.82, 2.24) is 29.0 Å². The summed E-state index contributed by atoms with van der Waals surface area (Å²) >= 11 is 0. The molecule has 5 heterocycles. The number of pyridine rings is 1. The highest BCUT2D eigenvalue weighted by Gasteiger charge is 2.34. The van der Waals surface area contributed by atoms with Crippen molar-refractivity contribution in [2.75, 3.05) is 52.8 Å². The van der Waals surface area contributed by atoms with Gasteiger partial charge in [-0.25, -0.2) is 32.7 Å². The number of primary amides is 1. The number of carbonyl (C=O) groups excluding carboxylic acids is 3. The molecule has 0 radical (unpaired) electrons. The number of likely N-dealkylation sites (tertiary alicyclic amines) is 2. The number of ether oxygens (including phenoxy) is 2. The Bertz CT molecular complexity index is 2150. The molecule has 1 atom stereocenters. The van der Waals surface area contributed by atoms with E-state index < -0.39 is 32.8 Å². The summed E-state index contributed by atoms with van der Waals surface area (Å²) in [4.78, 5) is 47.5. The number of carbonyl (C=O) groups is 3. The van der Waals surface area contributed by atoms with E-state index in [4.69, 9.17) is 28.8 Å². The maximum absolute atomic E-state index is 14.6. The van der Waals surface area contributed by atoms with Gasteiger partial charge in [-0.2, -0.15) is 5.10 Å². The van der Waals surface area contributed by atoms with Crippen molar-refractivity contribution in [3.05, 3.63) is 53.0 Å². The number of phosphoric ester groups is 1. The number of fused-ring (bicyclic) bond motifs is 2. The van der Waals surface area contributed by atoms with Crippen LogP contribution in [0.3, 0.4) is 0 Å². The minimum absolute atomic E-state index is 0.0204. The Labute approximate surface area is 346 Å². The standard InChI is InChI=1S/C42H60N7O9P/c1-7-9-20-56-59(53,57-21-10-8-2)58-27-55-41(51)47-17-11-12-33(47)25-54-42(52)49-36-14-13-32(31-15-18-46(19-16-31)24-37(43)50)22-34(36)38(28(3)4)39(49)35-23-48-40(44-26-45-48)30(6)29(35)5/h13-14,22-23,26,28,31,33H,7-12,15-21,24-25,27H2,1-6H3,(H2,43,50)/t33-/m0/s1. The maximum Gasteiger partial charge on any atom is 0.477 e. The maximum atomic E-state index is 14.6. The van der Waals surface area contributed by atoms with E-state index >= 15 is 0 Å². The van der Waals surface area contributed by atoms with Crippen LogP contribution in [-0.2, 0) is 32.4 Å². The lowest BCUT2D eigenvalue weighted by Gasteiger charge is -2.31. The first-order valence-corrected chi connectivity index (χ1v) is 22.4. The van der Waals surface area contributed by atoms with Crippen molar-refractivity contribution in [3.8, 4) is 11.3 Å². The minimum atomic E-state index is -3.93. The Hall–Kier alpha value is -4.34. The molecular formula is C42H60N7O9P. The molecule has 2 N–H and O–H groups in total. The Balaban J connectivity index is 1.25. The van der Waals surface area contributed by atoms with Crippen molar-refractivity contribution in [3.63, 3.8) is 0 Å². The number of nitrogens with zero attached hydrogens (tertiary/aromatic N) is 6. The first-order valence-electron chi connectivity index (χ1n) is 21.0. The normalized spacial score (nSPS) is 16.8. The van der Waals surface area contributed by atoms with Gasteiger partial charge in [0.1, 0.15) is 12.9 Å². The number of amides is 2. The fraction of sp³-hybridized carbons (Fsp3) is 0.595. The zero-order chi connectivity index (χ0) is 42.3. The second kappa shape index (κ2) is 19.8. The van der Waals surface area contributed by atoms with Crippen LogP contribution in [0.25, 0.3) is 27.8 Å². The summed E-state index contributed by atoms with van der Waals surface area (Å²) in [5.41, 5.74) is 12.6. The van der Waals surface area contributed by atoms with Crippen LogP contribution < -0.4 is 5.73 Å². The lowest BCUT2D eigenvalue weighted by Crippen LogP contribution is -2.39. The van der Waals surface area contributed by atoms with Gasteiger partial charge < -0.3 is 20.1 Å². The average Bonchev–Trinajstić information content (AvgIpc) is 3.96. The molecule has 0 saturated carbocycles. The number of hydrogen-bond donors (Lipinski definition) is 1. The Morgan fingerprint density at radius 1 is 0.932 bits per heavy atom. The van der Waals surface area contributed by atoms with Gasteiger partial charge in [0.15, 0.2) is 5.65 Å². The summed E-state index contributed by atoms with van der Waals surface area (Å²) in [6.45, 7) is 14.2. The third kappa shape index (κ3) is 10.2. The molecular weight excluding hydrogens is 777 g/mol. The molecule has 4 aromatic rings. The fourth-order valence-corrected chi connectivity index (χ4v) is 9.28. The van der Waals surface area contributed by atoms with E-state index in [-0.39, 0.29) is 44.1 Å². The summed E-state index contributed by atoms with van der Waals surface area (Å²) in [7, 11) is -3.93. The summed E-state index contributed by atoms with van der Waals surface area (Å²) in [5, 5.41) is 5.41. The number of aromatic nitrogens is 4. The van der Waals surface area contributed by atoms with E-state index in [9.17, 15) is 18.9 Å². The van der Waals surface area contributed by atoms with Crippen LogP contribution in [0.1, 0.15) is 113 Å². The van der Waals surface area contributed by atoms with Gasteiger partial charge in [-0.15, -0.1) is 0 Å². The summed E-state index contributed by atoms with van der Waals surface area (Å²) in [6, 6.07) is 5.86. The van der Waals surface area contributed by atoms with Gasteiger partial charge >= 0.3 is 20.0 Å². The largest absolute Gasteiger partial charge is 0.477 e. The van der Waals surface area contributed by atoms with Crippen molar-refractivity contribution >= 4 is 42.5 Å². The smallest absolute Gasteiger partial charge is 0.447 e. The number of phosphoric acid groups is 1. The van der Waals surface area contributed by atoms with Gasteiger partial charge in [-0.1, -0.05) is 46.6 Å². The number of hydrogen-bond acceptors (Lipinski definition) is 12. The second-order valence-electron chi connectivity index (χ2n) is 15.9. The Morgan fingerprint density at radius 2 is 1.64 bits per heavy atom. The quantitative estimate of drug-likeness (QED) is 0.0579. The van der Waals surface area contributed by atoms with Crippen molar-refractivity contribution < 1.29 is 42.0 Å². The number of rotatable bonds is 18. The predicted octanol–water partition coefficient (Wildman–Crippen LogP) is 8.06. The van der Waals surface area contributed by atoms with E-state index in [2.05, 4.69) is 41.0 Å². The summed E-state index contributed by atoms with van der Waals surface area (Å²) in [5.74, 6) is -0.0189. The van der Waals surface area contributed by atoms with E-state index in [1.165, 1.54) is 16.8 Å². The minimum Gasteiger partial charge on any atom is -0.447 e. The highest BCUT2D eigenvalue weighted by molar-refractivity contribution is 7.48.